The van der Waals surface area contributed by atoms with Crippen molar-refractivity contribution in [1.82, 2.24) is 0 Å². The topological polar surface area (TPSA) is 38.3 Å². The van der Waals surface area contributed by atoms with E-state index in [0.717, 1.165) is 12.1 Å². The molecule has 0 aliphatic heterocycles. The SMILES string of the molecule is C=C(CNc1cc(Cl)cc(C(F)(F)F)c1)C(=O)OCC. The van der Waals surface area contributed by atoms with Crippen LogP contribution in [-0.2, 0) is 15.7 Å². The molecule has 1 N–H and O–H groups in total. The smallest absolute Gasteiger partial charge is 0.416 e. The molecule has 0 fully saturated rings. The van der Waals surface area contributed by atoms with Crippen molar-refractivity contribution in [3.63, 3.8) is 0 Å². The molecule has 0 aliphatic rings. The summed E-state index contributed by atoms with van der Waals surface area (Å²) in [5, 5.41) is 2.60. The molecule has 0 bridgehead atoms. The fourth-order valence-corrected chi connectivity index (χ4v) is 1.60. The highest BCUT2D eigenvalue weighted by atomic mass is 35.5. The molecule has 0 radical (unpaired) electrons. The van der Waals surface area contributed by atoms with Crippen molar-refractivity contribution in [3.8, 4) is 0 Å². The first-order chi connectivity index (χ1) is 9.24. The van der Waals surface area contributed by atoms with Crippen molar-refractivity contribution in [3.05, 3.63) is 40.9 Å². The number of nitrogens with one attached hydrogen (secondary N) is 1. The summed E-state index contributed by atoms with van der Waals surface area (Å²) in [7, 11) is 0. The molecule has 20 heavy (non-hydrogen) atoms. The molecule has 7 heteroatoms. The van der Waals surface area contributed by atoms with Crippen molar-refractivity contribution in [2.24, 2.45) is 0 Å². The summed E-state index contributed by atoms with van der Waals surface area (Å²) in [6.45, 7) is 5.30. The van der Waals surface area contributed by atoms with Crippen molar-refractivity contribution in [1.29, 1.82) is 0 Å². The molecular formula is C13H13ClF3NO2. The van der Waals surface area contributed by atoms with Gasteiger partial charge < -0.3 is 10.1 Å². The van der Waals surface area contributed by atoms with Crippen molar-refractivity contribution in [2.45, 2.75) is 13.1 Å². The van der Waals surface area contributed by atoms with E-state index in [4.69, 9.17) is 16.3 Å². The third-order valence-corrected chi connectivity index (χ3v) is 2.51. The lowest BCUT2D eigenvalue weighted by Gasteiger charge is -2.12. The lowest BCUT2D eigenvalue weighted by molar-refractivity contribution is -0.139. The highest BCUT2D eigenvalue weighted by Crippen LogP contribution is 2.33. The highest BCUT2D eigenvalue weighted by molar-refractivity contribution is 6.30. The van der Waals surface area contributed by atoms with Gasteiger partial charge in [0.15, 0.2) is 0 Å². The molecule has 0 saturated carbocycles. The summed E-state index contributed by atoms with van der Waals surface area (Å²) in [5.41, 5.74) is -0.607. The van der Waals surface area contributed by atoms with E-state index in [2.05, 4.69) is 11.9 Å². The van der Waals surface area contributed by atoms with Gasteiger partial charge in [-0.1, -0.05) is 18.2 Å². The molecule has 0 amide bonds. The van der Waals surface area contributed by atoms with Crippen LogP contribution in [0.4, 0.5) is 18.9 Å². The number of alkyl halides is 3. The normalized spacial score (nSPS) is 11.1. The Labute approximate surface area is 119 Å². The van der Waals surface area contributed by atoms with Gasteiger partial charge in [0.1, 0.15) is 0 Å². The summed E-state index contributed by atoms with van der Waals surface area (Å²) in [4.78, 5) is 11.3. The Kier molecular flexibility index (Phi) is 5.44. The van der Waals surface area contributed by atoms with Gasteiger partial charge in [0.25, 0.3) is 0 Å². The Morgan fingerprint density at radius 1 is 1.40 bits per heavy atom. The van der Waals surface area contributed by atoms with Crippen molar-refractivity contribution < 1.29 is 22.7 Å². The van der Waals surface area contributed by atoms with E-state index in [9.17, 15) is 18.0 Å². The summed E-state index contributed by atoms with van der Waals surface area (Å²) < 4.78 is 42.5. The Morgan fingerprint density at radius 2 is 2.05 bits per heavy atom. The van der Waals surface area contributed by atoms with Gasteiger partial charge in [-0.15, -0.1) is 0 Å². The van der Waals surface area contributed by atoms with Crippen LogP contribution in [0.3, 0.4) is 0 Å². The minimum atomic E-state index is -4.49. The Hall–Kier alpha value is -1.69. The lowest BCUT2D eigenvalue weighted by atomic mass is 10.2. The number of hydrogen-bond acceptors (Lipinski definition) is 3. The highest BCUT2D eigenvalue weighted by Gasteiger charge is 2.31. The first-order valence-electron chi connectivity index (χ1n) is 5.70. The molecule has 0 spiro atoms. The van der Waals surface area contributed by atoms with E-state index in [1.165, 1.54) is 6.07 Å². The fraction of sp³-hybridized carbons (Fsp3) is 0.308. The summed E-state index contributed by atoms with van der Waals surface area (Å²) in [6, 6.07) is 3.06. The molecule has 110 valence electrons. The predicted octanol–water partition coefficient (Wildman–Crippen LogP) is 3.89. The minimum Gasteiger partial charge on any atom is -0.463 e. The quantitative estimate of drug-likeness (QED) is 0.662. The van der Waals surface area contributed by atoms with Crippen LogP contribution in [0.25, 0.3) is 0 Å². The zero-order valence-electron chi connectivity index (χ0n) is 10.7. The molecule has 0 aliphatic carbocycles. The number of esters is 1. The molecule has 1 aromatic rings. The molecular weight excluding hydrogens is 295 g/mol. The third kappa shape index (κ3) is 4.77. The maximum atomic E-state index is 12.6. The number of ether oxygens (including phenoxy) is 1. The maximum absolute atomic E-state index is 12.6. The predicted molar refractivity (Wildman–Crippen MR) is 70.7 cm³/mol. The van der Waals surface area contributed by atoms with Crippen LogP contribution in [-0.4, -0.2) is 19.1 Å². The van der Waals surface area contributed by atoms with E-state index in [1.54, 1.807) is 6.92 Å². The van der Waals surface area contributed by atoms with Crippen LogP contribution in [0, 0.1) is 0 Å². The largest absolute Gasteiger partial charge is 0.463 e. The Bertz CT molecular complexity index is 515. The lowest BCUT2D eigenvalue weighted by Crippen LogP contribution is -2.15. The second-order valence-electron chi connectivity index (χ2n) is 3.90. The van der Waals surface area contributed by atoms with Crippen molar-refractivity contribution >= 4 is 23.3 Å². The monoisotopic (exact) mass is 307 g/mol. The van der Waals surface area contributed by atoms with Crippen LogP contribution in [0.1, 0.15) is 12.5 Å². The number of carbonyl (C=O) groups excluding carboxylic acids is 1. The first-order valence-corrected chi connectivity index (χ1v) is 6.08. The summed E-state index contributed by atoms with van der Waals surface area (Å²) in [5.74, 6) is -0.599. The standard InChI is InChI=1S/C13H13ClF3NO2/c1-3-20-12(19)8(2)7-18-11-5-9(13(15,16)17)4-10(14)6-11/h4-6,18H,2-3,7H2,1H3. The van der Waals surface area contributed by atoms with Crippen LogP contribution in [0.5, 0.6) is 0 Å². The average Bonchev–Trinajstić information content (AvgIpc) is 2.34. The molecule has 1 aromatic carbocycles. The molecule has 0 heterocycles. The molecule has 0 aromatic heterocycles. The number of carbonyl (C=O) groups is 1. The summed E-state index contributed by atoms with van der Waals surface area (Å²) >= 11 is 5.63. The van der Waals surface area contributed by atoms with E-state index in [1.807, 2.05) is 0 Å². The summed E-state index contributed by atoms with van der Waals surface area (Å²) in [6.07, 6.45) is -4.49. The fourth-order valence-electron chi connectivity index (χ4n) is 1.37. The van der Waals surface area contributed by atoms with E-state index in [-0.39, 0.29) is 29.4 Å². The number of halogens is 4. The maximum Gasteiger partial charge on any atom is 0.416 e. The van der Waals surface area contributed by atoms with Gasteiger partial charge in [0.05, 0.1) is 12.2 Å². The van der Waals surface area contributed by atoms with Crippen LogP contribution >= 0.6 is 11.6 Å². The molecule has 1 rings (SSSR count). The van der Waals surface area contributed by atoms with Gasteiger partial charge in [-0.05, 0) is 25.1 Å². The number of hydrogen-bond donors (Lipinski definition) is 1. The molecule has 0 unspecified atom stereocenters. The zero-order valence-corrected chi connectivity index (χ0v) is 11.4. The van der Waals surface area contributed by atoms with Gasteiger partial charge in [0, 0.05) is 22.8 Å². The van der Waals surface area contributed by atoms with E-state index in [0.29, 0.717) is 0 Å². The zero-order chi connectivity index (χ0) is 15.3. The molecule has 0 saturated heterocycles. The number of anilines is 1. The molecule has 3 nitrogen and oxygen atoms in total. The molecule has 0 atom stereocenters. The van der Waals surface area contributed by atoms with Crippen LogP contribution in [0.15, 0.2) is 30.4 Å². The van der Waals surface area contributed by atoms with Gasteiger partial charge >= 0.3 is 12.1 Å². The second-order valence-corrected chi connectivity index (χ2v) is 4.34. The Balaban J connectivity index is 2.76. The van der Waals surface area contributed by atoms with Crippen LogP contribution in [0.2, 0.25) is 5.02 Å². The average molecular weight is 308 g/mol. The third-order valence-electron chi connectivity index (χ3n) is 2.30. The van der Waals surface area contributed by atoms with Crippen LogP contribution < -0.4 is 5.32 Å². The van der Waals surface area contributed by atoms with Gasteiger partial charge in [-0.25, -0.2) is 4.79 Å². The minimum absolute atomic E-state index is 0.0313. The first kappa shape index (κ1) is 16.4. The Morgan fingerprint density at radius 3 is 2.60 bits per heavy atom. The van der Waals surface area contributed by atoms with Gasteiger partial charge in [-0.3, -0.25) is 0 Å². The second kappa shape index (κ2) is 6.65. The van der Waals surface area contributed by atoms with Gasteiger partial charge in [-0.2, -0.15) is 13.2 Å². The van der Waals surface area contributed by atoms with E-state index < -0.39 is 17.7 Å². The van der Waals surface area contributed by atoms with Gasteiger partial charge in [0.2, 0.25) is 0 Å². The van der Waals surface area contributed by atoms with E-state index >= 15 is 0 Å². The number of benzene rings is 1. The van der Waals surface area contributed by atoms with Crippen molar-refractivity contribution in [2.75, 3.05) is 18.5 Å². The number of rotatable bonds is 5.